The summed E-state index contributed by atoms with van der Waals surface area (Å²) >= 11 is 1.82. The minimum absolute atomic E-state index is 0.893. The van der Waals surface area contributed by atoms with Gasteiger partial charge in [-0.3, -0.25) is 4.90 Å². The van der Waals surface area contributed by atoms with Crippen LogP contribution in [-0.4, -0.2) is 11.4 Å². The number of thiophene rings is 1. The van der Waals surface area contributed by atoms with E-state index in [1.54, 1.807) is 0 Å². The van der Waals surface area contributed by atoms with Gasteiger partial charge in [-0.15, -0.1) is 11.3 Å². The first-order chi connectivity index (χ1) is 8.79. The molecule has 2 rings (SSSR count). The van der Waals surface area contributed by atoms with E-state index in [4.69, 9.17) is 5.73 Å². The number of rotatable bonds is 6. The molecule has 2 aromatic rings. The zero-order valence-corrected chi connectivity index (χ0v) is 11.6. The zero-order chi connectivity index (χ0) is 12.8. The molecule has 0 unspecified atom stereocenters. The van der Waals surface area contributed by atoms with Gasteiger partial charge >= 0.3 is 0 Å². The lowest BCUT2D eigenvalue weighted by molar-refractivity contribution is 0.260. The Morgan fingerprint density at radius 2 is 1.94 bits per heavy atom. The third-order valence-corrected chi connectivity index (χ3v) is 3.81. The molecule has 1 heterocycles. The Hall–Kier alpha value is -1.32. The SMILES string of the molecule is CCCN(Cc1cccs1)Cc1ccccc1N. The summed E-state index contributed by atoms with van der Waals surface area (Å²) < 4.78 is 0. The van der Waals surface area contributed by atoms with Gasteiger partial charge in [0.25, 0.3) is 0 Å². The van der Waals surface area contributed by atoms with Crippen LogP contribution in [0.4, 0.5) is 5.69 Å². The van der Waals surface area contributed by atoms with E-state index in [1.807, 2.05) is 23.5 Å². The summed E-state index contributed by atoms with van der Waals surface area (Å²) in [6.07, 6.45) is 1.16. The second-order valence-electron chi connectivity index (χ2n) is 4.49. The zero-order valence-electron chi connectivity index (χ0n) is 10.8. The molecule has 96 valence electrons. The van der Waals surface area contributed by atoms with Crippen LogP contribution in [-0.2, 0) is 13.1 Å². The molecule has 0 spiro atoms. The summed E-state index contributed by atoms with van der Waals surface area (Å²) in [6, 6.07) is 12.4. The molecule has 1 aromatic heterocycles. The first-order valence-corrected chi connectivity index (χ1v) is 7.25. The quantitative estimate of drug-likeness (QED) is 0.802. The average Bonchev–Trinajstić information content (AvgIpc) is 2.85. The van der Waals surface area contributed by atoms with Crippen LogP contribution in [0.5, 0.6) is 0 Å². The summed E-state index contributed by atoms with van der Waals surface area (Å²) in [4.78, 5) is 3.87. The molecule has 0 aliphatic heterocycles. The fourth-order valence-electron chi connectivity index (χ4n) is 2.07. The number of nitrogen functional groups attached to an aromatic ring is 1. The van der Waals surface area contributed by atoms with E-state index in [0.29, 0.717) is 0 Å². The number of anilines is 1. The van der Waals surface area contributed by atoms with Gasteiger partial charge in [0.1, 0.15) is 0 Å². The van der Waals surface area contributed by atoms with Crippen molar-refractivity contribution in [3.05, 3.63) is 52.2 Å². The van der Waals surface area contributed by atoms with E-state index < -0.39 is 0 Å². The lowest BCUT2D eigenvalue weighted by Crippen LogP contribution is -2.23. The van der Waals surface area contributed by atoms with E-state index in [-0.39, 0.29) is 0 Å². The van der Waals surface area contributed by atoms with E-state index in [9.17, 15) is 0 Å². The summed E-state index contributed by atoms with van der Waals surface area (Å²) in [5, 5.41) is 2.14. The Kier molecular flexibility index (Phi) is 4.79. The standard InChI is InChI=1S/C15H20N2S/c1-2-9-17(12-14-7-5-10-18-14)11-13-6-3-4-8-15(13)16/h3-8,10H,2,9,11-12,16H2,1H3. The van der Waals surface area contributed by atoms with Crippen LogP contribution >= 0.6 is 11.3 Å². The molecule has 0 saturated carbocycles. The normalized spacial score (nSPS) is 11.0. The number of benzene rings is 1. The molecule has 0 atom stereocenters. The Labute approximate surface area is 113 Å². The van der Waals surface area contributed by atoms with Gasteiger partial charge in [0, 0.05) is 23.7 Å². The highest BCUT2D eigenvalue weighted by Crippen LogP contribution is 2.17. The molecule has 1 aromatic carbocycles. The van der Waals surface area contributed by atoms with Crippen LogP contribution in [0.1, 0.15) is 23.8 Å². The summed E-state index contributed by atoms with van der Waals surface area (Å²) in [5.74, 6) is 0. The van der Waals surface area contributed by atoms with Crippen LogP contribution in [0.3, 0.4) is 0 Å². The van der Waals surface area contributed by atoms with E-state index >= 15 is 0 Å². The third kappa shape index (κ3) is 3.59. The minimum atomic E-state index is 0.893. The highest BCUT2D eigenvalue weighted by molar-refractivity contribution is 7.09. The number of hydrogen-bond acceptors (Lipinski definition) is 3. The van der Waals surface area contributed by atoms with Crippen molar-refractivity contribution in [2.45, 2.75) is 26.4 Å². The molecule has 0 bridgehead atoms. The van der Waals surface area contributed by atoms with Crippen molar-refractivity contribution in [1.82, 2.24) is 4.90 Å². The molecule has 0 aliphatic rings. The Bertz CT molecular complexity index is 465. The Balaban J connectivity index is 2.04. The van der Waals surface area contributed by atoms with Crippen LogP contribution in [0.2, 0.25) is 0 Å². The lowest BCUT2D eigenvalue weighted by Gasteiger charge is -2.21. The molecular weight excluding hydrogens is 240 g/mol. The van der Waals surface area contributed by atoms with Gasteiger partial charge in [-0.2, -0.15) is 0 Å². The monoisotopic (exact) mass is 260 g/mol. The van der Waals surface area contributed by atoms with Crippen LogP contribution < -0.4 is 5.73 Å². The predicted octanol–water partition coefficient (Wildman–Crippen LogP) is 3.74. The van der Waals surface area contributed by atoms with E-state index in [2.05, 4.69) is 41.5 Å². The fraction of sp³-hybridized carbons (Fsp3) is 0.333. The van der Waals surface area contributed by atoms with Gasteiger partial charge in [-0.1, -0.05) is 31.2 Å². The molecular formula is C15H20N2S. The first kappa shape index (κ1) is 13.1. The van der Waals surface area contributed by atoms with Crippen LogP contribution in [0.15, 0.2) is 41.8 Å². The van der Waals surface area contributed by atoms with E-state index in [0.717, 1.165) is 31.7 Å². The Morgan fingerprint density at radius 3 is 2.61 bits per heavy atom. The van der Waals surface area contributed by atoms with Crippen molar-refractivity contribution in [2.75, 3.05) is 12.3 Å². The number of nitrogens with two attached hydrogens (primary N) is 1. The molecule has 0 fully saturated rings. The topological polar surface area (TPSA) is 29.3 Å². The van der Waals surface area contributed by atoms with Crippen molar-refractivity contribution in [3.8, 4) is 0 Å². The highest BCUT2D eigenvalue weighted by Gasteiger charge is 2.08. The lowest BCUT2D eigenvalue weighted by atomic mass is 10.1. The van der Waals surface area contributed by atoms with Crippen molar-refractivity contribution in [1.29, 1.82) is 0 Å². The number of hydrogen-bond donors (Lipinski definition) is 1. The van der Waals surface area contributed by atoms with Crippen molar-refractivity contribution in [3.63, 3.8) is 0 Å². The van der Waals surface area contributed by atoms with Crippen molar-refractivity contribution < 1.29 is 0 Å². The largest absolute Gasteiger partial charge is 0.398 e. The molecule has 0 amide bonds. The van der Waals surface area contributed by atoms with Gasteiger partial charge in [0.15, 0.2) is 0 Å². The molecule has 18 heavy (non-hydrogen) atoms. The van der Waals surface area contributed by atoms with Crippen LogP contribution in [0, 0.1) is 0 Å². The minimum Gasteiger partial charge on any atom is -0.398 e. The average molecular weight is 260 g/mol. The number of nitrogens with zero attached hydrogens (tertiary/aromatic N) is 1. The summed E-state index contributed by atoms with van der Waals surface area (Å²) in [5.41, 5.74) is 8.13. The second-order valence-corrected chi connectivity index (χ2v) is 5.52. The molecule has 3 heteroatoms. The highest BCUT2D eigenvalue weighted by atomic mass is 32.1. The van der Waals surface area contributed by atoms with Crippen LogP contribution in [0.25, 0.3) is 0 Å². The maximum absolute atomic E-state index is 6.01. The molecule has 0 aliphatic carbocycles. The van der Waals surface area contributed by atoms with Gasteiger partial charge in [0.2, 0.25) is 0 Å². The Morgan fingerprint density at radius 1 is 1.11 bits per heavy atom. The van der Waals surface area contributed by atoms with Crippen molar-refractivity contribution >= 4 is 17.0 Å². The molecule has 0 saturated heterocycles. The van der Waals surface area contributed by atoms with Gasteiger partial charge in [-0.05, 0) is 36.0 Å². The third-order valence-electron chi connectivity index (χ3n) is 2.95. The van der Waals surface area contributed by atoms with Crippen molar-refractivity contribution in [2.24, 2.45) is 0 Å². The predicted molar refractivity (Wildman–Crippen MR) is 79.6 cm³/mol. The summed E-state index contributed by atoms with van der Waals surface area (Å²) in [6.45, 7) is 5.26. The van der Waals surface area contributed by atoms with Gasteiger partial charge in [-0.25, -0.2) is 0 Å². The fourth-order valence-corrected chi connectivity index (χ4v) is 2.82. The number of para-hydroxylation sites is 1. The summed E-state index contributed by atoms with van der Waals surface area (Å²) in [7, 11) is 0. The maximum atomic E-state index is 6.01. The maximum Gasteiger partial charge on any atom is 0.0359 e. The molecule has 0 radical (unpaired) electrons. The molecule has 2 nitrogen and oxygen atoms in total. The van der Waals surface area contributed by atoms with Gasteiger partial charge in [0.05, 0.1) is 0 Å². The van der Waals surface area contributed by atoms with Gasteiger partial charge < -0.3 is 5.73 Å². The second kappa shape index (κ2) is 6.57. The van der Waals surface area contributed by atoms with E-state index in [1.165, 1.54) is 10.4 Å². The molecule has 2 N–H and O–H groups in total. The first-order valence-electron chi connectivity index (χ1n) is 6.37. The smallest absolute Gasteiger partial charge is 0.0359 e.